The van der Waals surface area contributed by atoms with Crippen LogP contribution < -0.4 is 10.2 Å². The number of esters is 1. The van der Waals surface area contributed by atoms with E-state index in [-0.39, 0.29) is 18.3 Å². The lowest BCUT2D eigenvalue weighted by Gasteiger charge is -2.05. The molecule has 0 atom stereocenters. The molecule has 130 valence electrons. The second-order valence-electron chi connectivity index (χ2n) is 4.83. The van der Waals surface area contributed by atoms with Crippen molar-refractivity contribution in [2.24, 2.45) is 5.10 Å². The maximum absolute atomic E-state index is 11.8. The number of carbonyl (C=O) groups excluding carboxylic acids is 2. The molecular formula is C18H18N2O4S. The molecule has 0 bridgehead atoms. The molecule has 0 saturated carbocycles. The third-order valence-electron chi connectivity index (χ3n) is 2.96. The number of amides is 1. The number of hydrogen-bond acceptors (Lipinski definition) is 6. The van der Waals surface area contributed by atoms with Crippen LogP contribution in [0.1, 0.15) is 5.56 Å². The number of nitrogens with one attached hydrogen (secondary N) is 1. The standard InChI is InChI=1S/C18H18N2O4S/c1-23-18(22)12-24-15-7-5-6-14(10-15)11-19-20-17(21)13-25-16-8-3-2-4-9-16/h2-11H,12-13H2,1H3,(H,20,21)/b19-11-. The molecule has 2 aromatic carbocycles. The maximum atomic E-state index is 11.8. The number of methoxy groups -OCH3 is 1. The maximum Gasteiger partial charge on any atom is 0.343 e. The molecule has 7 heteroatoms. The Labute approximate surface area is 150 Å². The first kappa shape index (κ1) is 18.5. The predicted octanol–water partition coefficient (Wildman–Crippen LogP) is 2.48. The molecule has 1 amide bonds. The van der Waals surface area contributed by atoms with Crippen molar-refractivity contribution in [2.45, 2.75) is 4.90 Å². The lowest BCUT2D eigenvalue weighted by atomic mass is 10.2. The molecule has 0 aliphatic carbocycles. The minimum Gasteiger partial charge on any atom is -0.482 e. The van der Waals surface area contributed by atoms with Gasteiger partial charge in [0.25, 0.3) is 0 Å². The van der Waals surface area contributed by atoms with E-state index in [0.29, 0.717) is 5.75 Å². The normalized spacial score (nSPS) is 10.4. The second kappa shape index (κ2) is 10.1. The molecule has 25 heavy (non-hydrogen) atoms. The van der Waals surface area contributed by atoms with Gasteiger partial charge < -0.3 is 9.47 Å². The van der Waals surface area contributed by atoms with Gasteiger partial charge >= 0.3 is 5.97 Å². The molecule has 0 fully saturated rings. The zero-order valence-corrected chi connectivity index (χ0v) is 14.5. The van der Waals surface area contributed by atoms with Crippen LogP contribution in [0.2, 0.25) is 0 Å². The van der Waals surface area contributed by atoms with Crippen LogP contribution in [0.3, 0.4) is 0 Å². The van der Waals surface area contributed by atoms with Crippen molar-refractivity contribution < 1.29 is 19.1 Å². The Balaban J connectivity index is 1.79. The summed E-state index contributed by atoms with van der Waals surface area (Å²) in [6.45, 7) is -0.162. The fourth-order valence-corrected chi connectivity index (χ4v) is 2.47. The van der Waals surface area contributed by atoms with Gasteiger partial charge in [-0.15, -0.1) is 11.8 Å². The van der Waals surface area contributed by atoms with Crippen LogP contribution in [-0.2, 0) is 14.3 Å². The SMILES string of the molecule is COC(=O)COc1cccc(/C=N\NC(=O)CSc2ccccc2)c1. The van der Waals surface area contributed by atoms with Crippen LogP contribution in [-0.4, -0.2) is 37.6 Å². The van der Waals surface area contributed by atoms with Crippen LogP contribution in [0.15, 0.2) is 64.6 Å². The Bertz CT molecular complexity index is 735. The quantitative estimate of drug-likeness (QED) is 0.339. The Morgan fingerprint density at radius 1 is 1.16 bits per heavy atom. The van der Waals surface area contributed by atoms with E-state index in [1.54, 1.807) is 24.3 Å². The third kappa shape index (κ3) is 7.09. The molecule has 6 nitrogen and oxygen atoms in total. The Morgan fingerprint density at radius 2 is 1.96 bits per heavy atom. The van der Waals surface area contributed by atoms with Gasteiger partial charge in [-0.05, 0) is 29.8 Å². The van der Waals surface area contributed by atoms with E-state index >= 15 is 0 Å². The van der Waals surface area contributed by atoms with Crippen LogP contribution in [0, 0.1) is 0 Å². The summed E-state index contributed by atoms with van der Waals surface area (Å²) in [6.07, 6.45) is 1.51. The van der Waals surface area contributed by atoms with Gasteiger partial charge in [0.2, 0.25) is 5.91 Å². The summed E-state index contributed by atoms with van der Waals surface area (Å²) in [7, 11) is 1.30. The number of hydrazone groups is 1. The molecule has 0 radical (unpaired) electrons. The molecule has 0 aliphatic heterocycles. The van der Waals surface area contributed by atoms with E-state index in [1.807, 2.05) is 30.3 Å². The number of nitrogens with zero attached hydrogens (tertiary/aromatic N) is 1. The molecule has 0 aliphatic rings. The highest BCUT2D eigenvalue weighted by Crippen LogP contribution is 2.16. The zero-order valence-electron chi connectivity index (χ0n) is 13.7. The second-order valence-corrected chi connectivity index (χ2v) is 5.88. The largest absolute Gasteiger partial charge is 0.482 e. The van der Waals surface area contributed by atoms with E-state index in [4.69, 9.17) is 4.74 Å². The van der Waals surface area contributed by atoms with Gasteiger partial charge in [-0.25, -0.2) is 10.2 Å². The van der Waals surface area contributed by atoms with Crippen molar-refractivity contribution >= 4 is 29.9 Å². The number of carbonyl (C=O) groups is 2. The lowest BCUT2D eigenvalue weighted by Crippen LogP contribution is -2.19. The van der Waals surface area contributed by atoms with Crippen molar-refractivity contribution in [3.8, 4) is 5.75 Å². The van der Waals surface area contributed by atoms with E-state index in [0.717, 1.165) is 10.5 Å². The molecule has 2 aromatic rings. The van der Waals surface area contributed by atoms with Crippen LogP contribution in [0.4, 0.5) is 0 Å². The summed E-state index contributed by atoms with van der Waals surface area (Å²) in [6, 6.07) is 16.7. The number of thioether (sulfide) groups is 1. The minimum atomic E-state index is -0.456. The van der Waals surface area contributed by atoms with Crippen molar-refractivity contribution in [2.75, 3.05) is 19.5 Å². The average molecular weight is 358 g/mol. The smallest absolute Gasteiger partial charge is 0.343 e. The van der Waals surface area contributed by atoms with Crippen molar-refractivity contribution in [3.63, 3.8) is 0 Å². The van der Waals surface area contributed by atoms with Gasteiger partial charge in [-0.3, -0.25) is 4.79 Å². The zero-order chi connectivity index (χ0) is 17.9. The summed E-state index contributed by atoms with van der Waals surface area (Å²) < 4.78 is 9.80. The van der Waals surface area contributed by atoms with Crippen molar-refractivity contribution in [1.82, 2.24) is 5.43 Å². The lowest BCUT2D eigenvalue weighted by molar-refractivity contribution is -0.142. The Morgan fingerprint density at radius 3 is 2.72 bits per heavy atom. The highest BCUT2D eigenvalue weighted by molar-refractivity contribution is 8.00. The summed E-state index contributed by atoms with van der Waals surface area (Å²) >= 11 is 1.44. The van der Waals surface area contributed by atoms with E-state index in [9.17, 15) is 9.59 Å². The van der Waals surface area contributed by atoms with E-state index < -0.39 is 5.97 Å². The summed E-state index contributed by atoms with van der Waals surface area (Å²) in [5.74, 6) is 0.148. The molecular weight excluding hydrogens is 340 g/mol. The fraction of sp³-hybridized carbons (Fsp3) is 0.167. The first-order chi connectivity index (χ1) is 12.2. The fourth-order valence-electron chi connectivity index (χ4n) is 1.76. The van der Waals surface area contributed by atoms with Gasteiger partial charge in [-0.1, -0.05) is 30.3 Å². The molecule has 1 N–H and O–H groups in total. The Kier molecular flexibility index (Phi) is 7.52. The van der Waals surface area contributed by atoms with E-state index in [1.165, 1.54) is 25.1 Å². The highest BCUT2D eigenvalue weighted by Gasteiger charge is 2.03. The molecule has 0 saturated heterocycles. The molecule has 0 aromatic heterocycles. The van der Waals surface area contributed by atoms with Gasteiger partial charge in [0.05, 0.1) is 19.1 Å². The number of rotatable bonds is 8. The topological polar surface area (TPSA) is 77.0 Å². The highest BCUT2D eigenvalue weighted by atomic mass is 32.2. The molecule has 2 rings (SSSR count). The summed E-state index contributed by atoms with van der Waals surface area (Å²) in [5.41, 5.74) is 3.21. The predicted molar refractivity (Wildman–Crippen MR) is 96.9 cm³/mol. The van der Waals surface area contributed by atoms with Gasteiger partial charge in [-0.2, -0.15) is 5.10 Å². The molecule has 0 spiro atoms. The van der Waals surface area contributed by atoms with Gasteiger partial charge in [0.15, 0.2) is 6.61 Å². The third-order valence-corrected chi connectivity index (χ3v) is 3.97. The number of hydrogen-bond donors (Lipinski definition) is 1. The van der Waals surface area contributed by atoms with Gasteiger partial charge in [0, 0.05) is 4.90 Å². The first-order valence-electron chi connectivity index (χ1n) is 7.47. The molecule has 0 heterocycles. The average Bonchev–Trinajstić information content (AvgIpc) is 2.65. The summed E-state index contributed by atoms with van der Waals surface area (Å²) in [4.78, 5) is 23.8. The molecule has 0 unspecified atom stereocenters. The van der Waals surface area contributed by atoms with Crippen LogP contribution in [0.25, 0.3) is 0 Å². The first-order valence-corrected chi connectivity index (χ1v) is 8.45. The summed E-state index contributed by atoms with van der Waals surface area (Å²) in [5, 5.41) is 3.92. The van der Waals surface area contributed by atoms with E-state index in [2.05, 4.69) is 15.3 Å². The number of ether oxygens (including phenoxy) is 2. The van der Waals surface area contributed by atoms with Crippen molar-refractivity contribution in [3.05, 3.63) is 60.2 Å². The van der Waals surface area contributed by atoms with Gasteiger partial charge in [0.1, 0.15) is 5.75 Å². The van der Waals surface area contributed by atoms with Crippen LogP contribution >= 0.6 is 11.8 Å². The Hall–Kier alpha value is -2.80. The van der Waals surface area contributed by atoms with Crippen molar-refractivity contribution in [1.29, 1.82) is 0 Å². The van der Waals surface area contributed by atoms with Crippen LogP contribution in [0.5, 0.6) is 5.75 Å². The monoisotopic (exact) mass is 358 g/mol. The number of benzene rings is 2. The minimum absolute atomic E-state index is 0.162.